The summed E-state index contributed by atoms with van der Waals surface area (Å²) in [6, 6.07) is 0. The highest BCUT2D eigenvalue weighted by Gasteiger charge is 2.20. The molecule has 0 aliphatic rings. The summed E-state index contributed by atoms with van der Waals surface area (Å²) in [5.41, 5.74) is 0. The fraction of sp³-hybridized carbons (Fsp3) is 0.250. The van der Waals surface area contributed by atoms with Gasteiger partial charge in [0.2, 0.25) is 0 Å². The molecule has 8 heteroatoms. The van der Waals surface area contributed by atoms with Crippen LogP contribution in [-0.4, -0.2) is 27.2 Å². The quantitative estimate of drug-likeness (QED) is 0.283. The number of hydrogen-bond acceptors (Lipinski definition) is 3. The Hall–Kier alpha value is -0.880. The van der Waals surface area contributed by atoms with Crippen LogP contribution in [-0.2, 0) is 9.09 Å². The van der Waals surface area contributed by atoms with Crippen molar-refractivity contribution in [2.75, 3.05) is 0 Å². The first-order chi connectivity index (χ1) is 5.35. The van der Waals surface area contributed by atoms with E-state index in [9.17, 15) is 9.36 Å². The predicted molar refractivity (Wildman–Crippen MR) is 38.3 cm³/mol. The zero-order valence-electron chi connectivity index (χ0n) is 5.88. The van der Waals surface area contributed by atoms with Crippen LogP contribution >= 0.6 is 7.82 Å². The van der Waals surface area contributed by atoms with Crippen LogP contribution in [0.15, 0.2) is 12.7 Å². The highest BCUT2D eigenvalue weighted by atomic mass is 31.2. The lowest BCUT2D eigenvalue weighted by Crippen LogP contribution is -2.33. The van der Waals surface area contributed by atoms with Gasteiger partial charge >= 0.3 is 13.9 Å². The summed E-state index contributed by atoms with van der Waals surface area (Å²) in [6.07, 6.45) is -1.97. The lowest BCUT2D eigenvalue weighted by atomic mass is 10.6. The fourth-order valence-electron chi connectivity index (χ4n) is 0.398. The van der Waals surface area contributed by atoms with E-state index in [1.807, 2.05) is 0 Å². The zero-order valence-corrected chi connectivity index (χ0v) is 6.77. The summed E-state index contributed by atoms with van der Waals surface area (Å²) in [6.45, 7) is 3.10. The first-order valence-electron chi connectivity index (χ1n) is 2.71. The summed E-state index contributed by atoms with van der Waals surface area (Å²) in [5, 5.41) is 9.79. The summed E-state index contributed by atoms with van der Waals surface area (Å²) < 4.78 is 14.1. The third kappa shape index (κ3) is 5.87. The third-order valence-corrected chi connectivity index (χ3v) is 1.23. The molecule has 1 atom stereocenters. The monoisotopic (exact) mass is 197 g/mol. The van der Waals surface area contributed by atoms with Gasteiger partial charge in [0.1, 0.15) is 0 Å². The lowest BCUT2D eigenvalue weighted by Gasteiger charge is -2.13. The molecule has 12 heavy (non-hydrogen) atoms. The summed E-state index contributed by atoms with van der Waals surface area (Å²) >= 11 is 0. The van der Waals surface area contributed by atoms with Crippen molar-refractivity contribution >= 4 is 13.9 Å². The second-order valence-corrected chi connectivity index (χ2v) is 2.89. The van der Waals surface area contributed by atoms with Gasteiger partial charge in [-0.25, -0.2) is 9.36 Å². The third-order valence-electron chi connectivity index (χ3n) is 0.731. The first kappa shape index (κ1) is 11.1. The summed E-state index contributed by atoms with van der Waals surface area (Å²) in [4.78, 5) is 26.4. The van der Waals surface area contributed by atoms with Gasteiger partial charge in [0, 0.05) is 0 Å². The number of hydrogen-bond donors (Lipinski definition) is 4. The number of amides is 1. The van der Waals surface area contributed by atoms with Crippen molar-refractivity contribution in [3.05, 3.63) is 12.7 Å². The van der Waals surface area contributed by atoms with Crippen LogP contribution < -0.4 is 5.32 Å². The van der Waals surface area contributed by atoms with Crippen LogP contribution in [0.3, 0.4) is 0 Å². The number of phosphoric acid groups is 1. The Labute approximate surface area is 67.9 Å². The SMILES string of the molecule is C=CC(NC(=O)O)OP(=O)(O)O. The number of carbonyl (C=O) groups is 1. The van der Waals surface area contributed by atoms with Gasteiger partial charge in [-0.05, 0) is 6.08 Å². The maximum atomic E-state index is 10.2. The van der Waals surface area contributed by atoms with E-state index in [1.54, 1.807) is 5.32 Å². The molecule has 7 nitrogen and oxygen atoms in total. The average molecular weight is 197 g/mol. The van der Waals surface area contributed by atoms with Crippen LogP contribution in [0.1, 0.15) is 0 Å². The molecule has 0 aliphatic carbocycles. The number of rotatable bonds is 4. The minimum absolute atomic E-state index is 0.910. The molecule has 70 valence electrons. The predicted octanol–water partition coefficient (Wildman–Crippen LogP) is -0.125. The van der Waals surface area contributed by atoms with Crippen LogP contribution in [0.4, 0.5) is 4.79 Å². The van der Waals surface area contributed by atoms with Gasteiger partial charge in [-0.2, -0.15) is 0 Å². The van der Waals surface area contributed by atoms with Crippen molar-refractivity contribution in [3.8, 4) is 0 Å². The Morgan fingerprint density at radius 3 is 2.42 bits per heavy atom. The Morgan fingerprint density at radius 2 is 2.17 bits per heavy atom. The standard InChI is InChI=1S/C4H8NO6P/c1-2-3(5-4(6)7)11-12(8,9)10/h2-3,5H,1H2,(H,6,7)(H2,8,9,10). The maximum Gasteiger partial charge on any atom is 0.471 e. The lowest BCUT2D eigenvalue weighted by molar-refractivity contribution is 0.128. The second-order valence-electron chi connectivity index (χ2n) is 1.70. The summed E-state index contributed by atoms with van der Waals surface area (Å²) in [7, 11) is -4.69. The van der Waals surface area contributed by atoms with E-state index in [2.05, 4.69) is 11.1 Å². The van der Waals surface area contributed by atoms with Gasteiger partial charge in [-0.1, -0.05) is 6.58 Å². The molecule has 0 aromatic carbocycles. The van der Waals surface area contributed by atoms with Gasteiger partial charge in [0.05, 0.1) is 0 Å². The highest BCUT2D eigenvalue weighted by Crippen LogP contribution is 2.37. The Morgan fingerprint density at radius 1 is 1.67 bits per heavy atom. The van der Waals surface area contributed by atoms with Crippen molar-refractivity contribution in [1.82, 2.24) is 5.32 Å². The zero-order chi connectivity index (χ0) is 9.78. The minimum Gasteiger partial charge on any atom is -0.465 e. The molecule has 0 rings (SSSR count). The van der Waals surface area contributed by atoms with Crippen molar-refractivity contribution in [1.29, 1.82) is 0 Å². The van der Waals surface area contributed by atoms with Crippen LogP contribution in [0.25, 0.3) is 0 Å². The van der Waals surface area contributed by atoms with Crippen LogP contribution in [0, 0.1) is 0 Å². The molecular formula is C4H8NO6P. The van der Waals surface area contributed by atoms with E-state index in [0.717, 1.165) is 6.08 Å². The Kier molecular flexibility index (Phi) is 3.91. The minimum atomic E-state index is -4.69. The molecule has 0 aromatic heterocycles. The first-order valence-corrected chi connectivity index (χ1v) is 4.24. The Bertz CT molecular complexity index is 222. The normalized spacial score (nSPS) is 13.5. The molecule has 0 saturated heterocycles. The Balaban J connectivity index is 4.10. The van der Waals surface area contributed by atoms with E-state index in [4.69, 9.17) is 14.9 Å². The largest absolute Gasteiger partial charge is 0.471 e. The summed E-state index contributed by atoms with van der Waals surface area (Å²) in [5.74, 6) is 0. The molecule has 0 saturated carbocycles. The van der Waals surface area contributed by atoms with Crippen molar-refractivity contribution in [2.45, 2.75) is 6.23 Å². The van der Waals surface area contributed by atoms with Crippen LogP contribution in [0.2, 0.25) is 0 Å². The van der Waals surface area contributed by atoms with Crippen molar-refractivity contribution in [2.24, 2.45) is 0 Å². The van der Waals surface area contributed by atoms with E-state index in [-0.39, 0.29) is 0 Å². The molecule has 0 heterocycles. The number of carboxylic acid groups (broad SMARTS) is 1. The van der Waals surface area contributed by atoms with Gasteiger partial charge in [0.25, 0.3) is 0 Å². The molecule has 0 aromatic rings. The number of nitrogens with one attached hydrogen (secondary N) is 1. The molecule has 0 fully saturated rings. The molecule has 1 unspecified atom stereocenters. The van der Waals surface area contributed by atoms with Gasteiger partial charge in [-0.15, -0.1) is 0 Å². The van der Waals surface area contributed by atoms with E-state index >= 15 is 0 Å². The van der Waals surface area contributed by atoms with Gasteiger partial charge in [-0.3, -0.25) is 9.84 Å². The van der Waals surface area contributed by atoms with Gasteiger partial charge < -0.3 is 14.9 Å². The van der Waals surface area contributed by atoms with E-state index in [0.29, 0.717) is 0 Å². The maximum absolute atomic E-state index is 10.2. The highest BCUT2D eigenvalue weighted by molar-refractivity contribution is 7.46. The van der Waals surface area contributed by atoms with Crippen molar-refractivity contribution < 1.29 is 28.8 Å². The molecule has 0 aliphatic heterocycles. The molecule has 4 N–H and O–H groups in total. The molecule has 0 spiro atoms. The average Bonchev–Trinajstić information content (AvgIpc) is 1.82. The van der Waals surface area contributed by atoms with Gasteiger partial charge in [0.15, 0.2) is 6.23 Å². The van der Waals surface area contributed by atoms with Crippen molar-refractivity contribution in [3.63, 3.8) is 0 Å². The molecular weight excluding hydrogens is 189 g/mol. The topological polar surface area (TPSA) is 116 Å². The molecule has 0 bridgehead atoms. The van der Waals surface area contributed by atoms with E-state index < -0.39 is 20.1 Å². The number of phosphoric ester groups is 1. The molecule has 0 radical (unpaired) electrons. The van der Waals surface area contributed by atoms with Crippen LogP contribution in [0.5, 0.6) is 0 Å². The van der Waals surface area contributed by atoms with E-state index in [1.165, 1.54) is 0 Å². The second kappa shape index (κ2) is 4.22. The fourth-order valence-corrected chi connectivity index (χ4v) is 0.833. The molecule has 1 amide bonds. The smallest absolute Gasteiger partial charge is 0.465 e.